The second-order valence-corrected chi connectivity index (χ2v) is 5.97. The van der Waals surface area contributed by atoms with Crippen molar-refractivity contribution in [2.75, 3.05) is 11.1 Å². The average Bonchev–Trinajstić information content (AvgIpc) is 2.44. The SMILES string of the molecule is CCSc1cccc(Nc2cccc(Cl)c2C)c1C#N. The molecule has 0 heterocycles. The van der Waals surface area contributed by atoms with Gasteiger partial charge in [-0.1, -0.05) is 30.7 Å². The van der Waals surface area contributed by atoms with Crippen LogP contribution in [0.25, 0.3) is 0 Å². The number of benzene rings is 2. The lowest BCUT2D eigenvalue weighted by Gasteiger charge is -2.13. The van der Waals surface area contributed by atoms with Crippen molar-refractivity contribution in [3.63, 3.8) is 0 Å². The molecule has 0 bridgehead atoms. The fourth-order valence-electron chi connectivity index (χ4n) is 1.91. The minimum Gasteiger partial charge on any atom is -0.354 e. The van der Waals surface area contributed by atoms with E-state index in [0.29, 0.717) is 10.6 Å². The summed E-state index contributed by atoms with van der Waals surface area (Å²) < 4.78 is 0. The Balaban J connectivity index is 2.41. The molecule has 0 saturated heterocycles. The molecule has 0 fully saturated rings. The third-order valence-electron chi connectivity index (χ3n) is 2.97. The summed E-state index contributed by atoms with van der Waals surface area (Å²) in [7, 11) is 0. The average molecular weight is 303 g/mol. The lowest BCUT2D eigenvalue weighted by Crippen LogP contribution is -1.97. The van der Waals surface area contributed by atoms with Crippen LogP contribution in [0.2, 0.25) is 5.02 Å². The van der Waals surface area contributed by atoms with Gasteiger partial charge in [0.05, 0.1) is 11.3 Å². The summed E-state index contributed by atoms with van der Waals surface area (Å²) >= 11 is 7.80. The number of nitrogens with one attached hydrogen (secondary N) is 1. The lowest BCUT2D eigenvalue weighted by molar-refractivity contribution is 1.34. The Morgan fingerprint density at radius 2 is 1.90 bits per heavy atom. The van der Waals surface area contributed by atoms with E-state index in [-0.39, 0.29) is 0 Å². The molecule has 0 radical (unpaired) electrons. The van der Waals surface area contributed by atoms with Gasteiger partial charge >= 0.3 is 0 Å². The van der Waals surface area contributed by atoms with Crippen molar-refractivity contribution in [1.82, 2.24) is 0 Å². The lowest BCUT2D eigenvalue weighted by atomic mass is 10.1. The molecule has 0 aliphatic rings. The fourth-order valence-corrected chi connectivity index (χ4v) is 2.87. The molecule has 102 valence electrons. The summed E-state index contributed by atoms with van der Waals surface area (Å²) in [4.78, 5) is 1.000. The van der Waals surface area contributed by atoms with Gasteiger partial charge in [0.25, 0.3) is 0 Å². The maximum absolute atomic E-state index is 9.40. The van der Waals surface area contributed by atoms with E-state index < -0.39 is 0 Å². The van der Waals surface area contributed by atoms with E-state index in [4.69, 9.17) is 11.6 Å². The van der Waals surface area contributed by atoms with Gasteiger partial charge in [-0.15, -0.1) is 11.8 Å². The molecular formula is C16H15ClN2S. The number of halogens is 1. The second kappa shape index (κ2) is 6.69. The zero-order valence-corrected chi connectivity index (χ0v) is 13.0. The maximum atomic E-state index is 9.40. The Kier molecular flexibility index (Phi) is 4.94. The molecule has 0 unspecified atom stereocenters. The Morgan fingerprint density at radius 1 is 1.20 bits per heavy atom. The van der Waals surface area contributed by atoms with Crippen LogP contribution in [0.3, 0.4) is 0 Å². The molecule has 2 nitrogen and oxygen atoms in total. The van der Waals surface area contributed by atoms with Gasteiger partial charge in [-0.3, -0.25) is 0 Å². The Bertz CT molecular complexity index is 662. The Hall–Kier alpha value is -1.63. The number of rotatable bonds is 4. The molecule has 2 aromatic carbocycles. The van der Waals surface area contributed by atoms with Crippen LogP contribution in [0.4, 0.5) is 11.4 Å². The first-order valence-corrected chi connectivity index (χ1v) is 7.71. The van der Waals surface area contributed by atoms with E-state index in [2.05, 4.69) is 18.3 Å². The van der Waals surface area contributed by atoms with Crippen molar-refractivity contribution < 1.29 is 0 Å². The molecule has 0 aliphatic heterocycles. The summed E-state index contributed by atoms with van der Waals surface area (Å²) in [6, 6.07) is 13.9. The molecule has 0 atom stereocenters. The summed E-state index contributed by atoms with van der Waals surface area (Å²) in [6.45, 7) is 4.04. The Labute approximate surface area is 128 Å². The molecule has 2 rings (SSSR count). The minimum atomic E-state index is 0.679. The highest BCUT2D eigenvalue weighted by atomic mass is 35.5. The van der Waals surface area contributed by atoms with Gasteiger partial charge in [-0.25, -0.2) is 0 Å². The van der Waals surface area contributed by atoms with Gasteiger partial charge in [-0.2, -0.15) is 5.26 Å². The number of hydrogen-bond acceptors (Lipinski definition) is 3. The first-order valence-electron chi connectivity index (χ1n) is 6.35. The van der Waals surface area contributed by atoms with E-state index >= 15 is 0 Å². The normalized spacial score (nSPS) is 10.1. The minimum absolute atomic E-state index is 0.679. The van der Waals surface area contributed by atoms with Crippen LogP contribution < -0.4 is 5.32 Å². The maximum Gasteiger partial charge on any atom is 0.103 e. The van der Waals surface area contributed by atoms with Crippen molar-refractivity contribution in [2.45, 2.75) is 18.7 Å². The first-order chi connectivity index (χ1) is 9.67. The van der Waals surface area contributed by atoms with Crippen LogP contribution in [0.15, 0.2) is 41.3 Å². The van der Waals surface area contributed by atoms with Crippen LogP contribution in [0, 0.1) is 18.3 Å². The molecule has 2 aromatic rings. The fraction of sp³-hybridized carbons (Fsp3) is 0.188. The van der Waals surface area contributed by atoms with E-state index in [1.54, 1.807) is 11.8 Å². The number of anilines is 2. The standard InChI is InChI=1S/C16H15ClN2S/c1-3-20-16-9-5-8-15(12(16)10-18)19-14-7-4-6-13(17)11(14)2/h4-9,19H,3H2,1-2H3. The number of nitrogens with zero attached hydrogens (tertiary/aromatic N) is 1. The largest absolute Gasteiger partial charge is 0.354 e. The molecule has 0 aliphatic carbocycles. The molecular weight excluding hydrogens is 288 g/mol. The van der Waals surface area contributed by atoms with Gasteiger partial charge in [0, 0.05) is 15.6 Å². The summed E-state index contributed by atoms with van der Waals surface area (Å²) in [5.74, 6) is 0.939. The smallest absolute Gasteiger partial charge is 0.103 e. The molecule has 4 heteroatoms. The van der Waals surface area contributed by atoms with E-state index in [0.717, 1.165) is 27.6 Å². The molecule has 0 saturated carbocycles. The molecule has 0 spiro atoms. The monoisotopic (exact) mass is 302 g/mol. The van der Waals surface area contributed by atoms with E-state index in [1.165, 1.54) is 0 Å². The van der Waals surface area contributed by atoms with Crippen LogP contribution in [-0.4, -0.2) is 5.75 Å². The van der Waals surface area contributed by atoms with Gasteiger partial charge in [0.2, 0.25) is 0 Å². The predicted molar refractivity (Wildman–Crippen MR) is 87.0 cm³/mol. The Morgan fingerprint density at radius 3 is 2.60 bits per heavy atom. The highest BCUT2D eigenvalue weighted by molar-refractivity contribution is 7.99. The van der Waals surface area contributed by atoms with Crippen molar-refractivity contribution in [3.05, 3.63) is 52.5 Å². The summed E-state index contributed by atoms with van der Waals surface area (Å²) in [6.07, 6.45) is 0. The molecule has 0 aromatic heterocycles. The highest BCUT2D eigenvalue weighted by Gasteiger charge is 2.10. The summed E-state index contributed by atoms with van der Waals surface area (Å²) in [5.41, 5.74) is 3.40. The van der Waals surface area contributed by atoms with Crippen LogP contribution >= 0.6 is 23.4 Å². The van der Waals surface area contributed by atoms with Gasteiger partial charge in [-0.05, 0) is 42.5 Å². The summed E-state index contributed by atoms with van der Waals surface area (Å²) in [5, 5.41) is 13.4. The van der Waals surface area contributed by atoms with Crippen LogP contribution in [-0.2, 0) is 0 Å². The quantitative estimate of drug-likeness (QED) is 0.771. The second-order valence-electron chi connectivity index (χ2n) is 4.26. The number of nitriles is 1. The zero-order valence-electron chi connectivity index (χ0n) is 11.4. The van der Waals surface area contributed by atoms with Gasteiger partial charge in [0.1, 0.15) is 6.07 Å². The molecule has 20 heavy (non-hydrogen) atoms. The van der Waals surface area contributed by atoms with Crippen molar-refractivity contribution in [2.24, 2.45) is 0 Å². The number of hydrogen-bond donors (Lipinski definition) is 1. The predicted octanol–water partition coefficient (Wildman–Crippen LogP) is 5.38. The first kappa shape index (κ1) is 14.8. The van der Waals surface area contributed by atoms with Gasteiger partial charge < -0.3 is 5.32 Å². The van der Waals surface area contributed by atoms with Gasteiger partial charge in [0.15, 0.2) is 0 Å². The highest BCUT2D eigenvalue weighted by Crippen LogP contribution is 2.32. The van der Waals surface area contributed by atoms with E-state index in [9.17, 15) is 5.26 Å². The molecule has 0 amide bonds. The number of thioether (sulfide) groups is 1. The van der Waals surface area contributed by atoms with Crippen LogP contribution in [0.1, 0.15) is 18.1 Å². The van der Waals surface area contributed by atoms with Crippen molar-refractivity contribution in [3.8, 4) is 6.07 Å². The third kappa shape index (κ3) is 3.09. The van der Waals surface area contributed by atoms with E-state index in [1.807, 2.05) is 43.3 Å². The van der Waals surface area contributed by atoms with Crippen LogP contribution in [0.5, 0.6) is 0 Å². The van der Waals surface area contributed by atoms with Crippen molar-refractivity contribution >= 4 is 34.7 Å². The van der Waals surface area contributed by atoms with Crippen molar-refractivity contribution in [1.29, 1.82) is 5.26 Å². The topological polar surface area (TPSA) is 35.8 Å². The third-order valence-corrected chi connectivity index (χ3v) is 4.32. The molecule has 1 N–H and O–H groups in total. The zero-order chi connectivity index (χ0) is 14.5.